The van der Waals surface area contributed by atoms with Gasteiger partial charge in [-0.3, -0.25) is 19.2 Å². The Kier molecular flexibility index (Phi) is 4.63. The van der Waals surface area contributed by atoms with Crippen LogP contribution in [0.25, 0.3) is 0 Å². The van der Waals surface area contributed by atoms with Crippen molar-refractivity contribution in [3.63, 3.8) is 0 Å². The summed E-state index contributed by atoms with van der Waals surface area (Å²) in [6.07, 6.45) is 6.63. The Balaban J connectivity index is 1.94. The molecule has 0 spiro atoms. The standard InChI is InChI=1S/C16H13BrO4/c1-9-5-14(19)10(6-13(9)18)3-2-4-11-7-16(21)12(17)8-15(11)20/h5-8H,2-4H2,1H3. The summed E-state index contributed by atoms with van der Waals surface area (Å²) >= 11 is 3.02. The summed E-state index contributed by atoms with van der Waals surface area (Å²) in [4.78, 5) is 46.5. The lowest BCUT2D eigenvalue weighted by Crippen LogP contribution is -2.13. The highest BCUT2D eigenvalue weighted by atomic mass is 79.9. The van der Waals surface area contributed by atoms with E-state index in [1.165, 1.54) is 24.3 Å². The summed E-state index contributed by atoms with van der Waals surface area (Å²) in [5.41, 5.74) is 1.33. The van der Waals surface area contributed by atoms with Gasteiger partial charge < -0.3 is 0 Å². The number of hydrogen-bond donors (Lipinski definition) is 0. The van der Waals surface area contributed by atoms with Crippen molar-refractivity contribution >= 4 is 39.1 Å². The second kappa shape index (κ2) is 6.26. The zero-order valence-corrected chi connectivity index (χ0v) is 13.0. The quantitative estimate of drug-likeness (QED) is 0.732. The zero-order valence-electron chi connectivity index (χ0n) is 11.4. The predicted molar refractivity (Wildman–Crippen MR) is 80.8 cm³/mol. The average molecular weight is 349 g/mol. The molecule has 0 aromatic rings. The van der Waals surface area contributed by atoms with Crippen LogP contribution in [0.4, 0.5) is 0 Å². The van der Waals surface area contributed by atoms with Gasteiger partial charge in [0.25, 0.3) is 0 Å². The van der Waals surface area contributed by atoms with Crippen molar-refractivity contribution in [2.75, 3.05) is 0 Å². The van der Waals surface area contributed by atoms with Crippen LogP contribution in [0.2, 0.25) is 0 Å². The molecule has 0 aliphatic heterocycles. The fourth-order valence-corrected chi connectivity index (χ4v) is 2.46. The normalized spacial score (nSPS) is 19.1. The van der Waals surface area contributed by atoms with E-state index < -0.39 is 0 Å². The molecular formula is C16H13BrO4. The van der Waals surface area contributed by atoms with E-state index in [1.54, 1.807) is 6.92 Å². The zero-order chi connectivity index (χ0) is 15.6. The molecule has 0 bridgehead atoms. The summed E-state index contributed by atoms with van der Waals surface area (Å²) in [7, 11) is 0. The van der Waals surface area contributed by atoms with Crippen LogP contribution in [-0.4, -0.2) is 23.1 Å². The highest BCUT2D eigenvalue weighted by Gasteiger charge is 2.20. The molecule has 0 fully saturated rings. The first kappa shape index (κ1) is 15.5. The molecule has 0 radical (unpaired) electrons. The molecule has 0 N–H and O–H groups in total. The smallest absolute Gasteiger partial charge is 0.193 e. The lowest BCUT2D eigenvalue weighted by Gasteiger charge is -2.11. The molecule has 0 heterocycles. The first-order valence-electron chi connectivity index (χ1n) is 6.52. The molecule has 21 heavy (non-hydrogen) atoms. The Morgan fingerprint density at radius 1 is 0.762 bits per heavy atom. The molecular weight excluding hydrogens is 336 g/mol. The molecule has 2 rings (SSSR count). The van der Waals surface area contributed by atoms with Crippen LogP contribution in [-0.2, 0) is 19.2 Å². The van der Waals surface area contributed by atoms with Gasteiger partial charge in [0.15, 0.2) is 23.1 Å². The second-order valence-electron chi connectivity index (χ2n) is 4.97. The minimum atomic E-state index is -0.230. The molecule has 0 saturated carbocycles. The van der Waals surface area contributed by atoms with Crippen molar-refractivity contribution in [1.82, 2.24) is 0 Å². The summed E-state index contributed by atoms with van der Waals surface area (Å²) in [5, 5.41) is 0. The van der Waals surface area contributed by atoms with Crippen LogP contribution in [0.15, 0.2) is 45.5 Å². The highest BCUT2D eigenvalue weighted by molar-refractivity contribution is 9.12. The van der Waals surface area contributed by atoms with Gasteiger partial charge >= 0.3 is 0 Å². The number of halogens is 1. The lowest BCUT2D eigenvalue weighted by atomic mass is 9.92. The Bertz CT molecular complexity index is 616. The van der Waals surface area contributed by atoms with Crippen LogP contribution in [0.3, 0.4) is 0 Å². The van der Waals surface area contributed by atoms with Gasteiger partial charge in [0.2, 0.25) is 0 Å². The molecule has 0 aromatic carbocycles. The van der Waals surface area contributed by atoms with Crippen LogP contribution < -0.4 is 0 Å². The summed E-state index contributed by atoms with van der Waals surface area (Å²) in [5.74, 6) is -0.738. The molecule has 0 amide bonds. The molecule has 2 aliphatic carbocycles. The van der Waals surface area contributed by atoms with Crippen LogP contribution in [0.5, 0.6) is 0 Å². The maximum absolute atomic E-state index is 11.7. The maximum Gasteiger partial charge on any atom is 0.193 e. The van der Waals surface area contributed by atoms with E-state index in [9.17, 15) is 19.2 Å². The van der Waals surface area contributed by atoms with Crippen molar-refractivity contribution in [2.45, 2.75) is 26.2 Å². The minimum absolute atomic E-state index is 0.153. The fourth-order valence-electron chi connectivity index (χ4n) is 2.14. The average Bonchev–Trinajstić information content (AvgIpc) is 2.41. The molecule has 2 aliphatic rings. The van der Waals surface area contributed by atoms with Crippen LogP contribution >= 0.6 is 15.9 Å². The largest absolute Gasteiger partial charge is 0.290 e. The maximum atomic E-state index is 11.7. The van der Waals surface area contributed by atoms with Gasteiger partial charge in [-0.1, -0.05) is 0 Å². The summed E-state index contributed by atoms with van der Waals surface area (Å²) < 4.78 is 0.257. The number of allylic oxidation sites excluding steroid dienone is 8. The van der Waals surface area contributed by atoms with Gasteiger partial charge in [0, 0.05) is 22.8 Å². The number of rotatable bonds is 4. The minimum Gasteiger partial charge on any atom is -0.290 e. The first-order chi connectivity index (χ1) is 9.88. The Hall–Kier alpha value is -1.88. The summed E-state index contributed by atoms with van der Waals surface area (Å²) in [6, 6.07) is 0. The van der Waals surface area contributed by atoms with Crippen LogP contribution in [0.1, 0.15) is 26.2 Å². The molecule has 4 nitrogen and oxygen atoms in total. The highest BCUT2D eigenvalue weighted by Crippen LogP contribution is 2.22. The first-order valence-corrected chi connectivity index (χ1v) is 7.31. The SMILES string of the molecule is CC1=CC(=O)C(CCCC2=CC(=O)C(Br)=CC2=O)=CC1=O. The van der Waals surface area contributed by atoms with Crippen molar-refractivity contribution in [3.8, 4) is 0 Å². The molecule has 0 unspecified atom stereocenters. The summed E-state index contributed by atoms with van der Waals surface area (Å²) in [6.45, 7) is 1.61. The Morgan fingerprint density at radius 2 is 1.29 bits per heavy atom. The van der Waals surface area contributed by atoms with Gasteiger partial charge in [-0.25, -0.2) is 0 Å². The van der Waals surface area contributed by atoms with E-state index >= 15 is 0 Å². The number of hydrogen-bond acceptors (Lipinski definition) is 4. The second-order valence-corrected chi connectivity index (χ2v) is 5.82. The van der Waals surface area contributed by atoms with Gasteiger partial charge in [0.05, 0.1) is 4.48 Å². The van der Waals surface area contributed by atoms with Crippen molar-refractivity contribution < 1.29 is 19.2 Å². The third-order valence-corrected chi connectivity index (χ3v) is 3.99. The van der Waals surface area contributed by atoms with Crippen molar-refractivity contribution in [1.29, 1.82) is 0 Å². The van der Waals surface area contributed by atoms with E-state index in [0.29, 0.717) is 36.0 Å². The van der Waals surface area contributed by atoms with E-state index in [4.69, 9.17) is 0 Å². The molecule has 0 atom stereocenters. The predicted octanol–water partition coefficient (Wildman–Crippen LogP) is 2.54. The van der Waals surface area contributed by atoms with E-state index in [0.717, 1.165) is 0 Å². The van der Waals surface area contributed by atoms with E-state index in [1.807, 2.05) is 0 Å². The molecule has 5 heteroatoms. The van der Waals surface area contributed by atoms with Gasteiger partial charge in [-0.05, 0) is 60.3 Å². The van der Waals surface area contributed by atoms with E-state index in [2.05, 4.69) is 15.9 Å². The van der Waals surface area contributed by atoms with E-state index in [-0.39, 0.29) is 27.6 Å². The Morgan fingerprint density at radius 3 is 1.90 bits per heavy atom. The topological polar surface area (TPSA) is 68.3 Å². The van der Waals surface area contributed by atoms with Crippen LogP contribution in [0, 0.1) is 0 Å². The van der Waals surface area contributed by atoms with Crippen molar-refractivity contribution in [2.24, 2.45) is 0 Å². The molecule has 108 valence electrons. The Labute approximate surface area is 130 Å². The monoisotopic (exact) mass is 348 g/mol. The lowest BCUT2D eigenvalue weighted by molar-refractivity contribution is -0.115. The third-order valence-electron chi connectivity index (χ3n) is 3.37. The van der Waals surface area contributed by atoms with Gasteiger partial charge in [0.1, 0.15) is 0 Å². The number of carbonyl (C=O) groups excluding carboxylic acids is 4. The number of carbonyl (C=O) groups is 4. The molecule has 0 saturated heterocycles. The number of ketones is 4. The third kappa shape index (κ3) is 3.61. The fraction of sp³-hybridized carbons (Fsp3) is 0.250. The van der Waals surface area contributed by atoms with Gasteiger partial charge in [-0.2, -0.15) is 0 Å². The van der Waals surface area contributed by atoms with Gasteiger partial charge in [-0.15, -0.1) is 0 Å². The van der Waals surface area contributed by atoms with Crippen molar-refractivity contribution in [3.05, 3.63) is 45.5 Å². The molecule has 0 aromatic heterocycles.